The van der Waals surface area contributed by atoms with Crippen molar-refractivity contribution in [3.63, 3.8) is 0 Å². The highest BCUT2D eigenvalue weighted by molar-refractivity contribution is 5.89. The van der Waals surface area contributed by atoms with Gasteiger partial charge in [0, 0.05) is 29.8 Å². The van der Waals surface area contributed by atoms with Gasteiger partial charge in [-0.25, -0.2) is 0 Å². The molecular weight excluding hydrogens is 298 g/mol. The zero-order chi connectivity index (χ0) is 16.4. The Morgan fingerprint density at radius 2 is 2.04 bits per heavy atom. The van der Waals surface area contributed by atoms with Crippen molar-refractivity contribution in [3.05, 3.63) is 66.1 Å². The number of amides is 1. The zero-order valence-electron chi connectivity index (χ0n) is 13.6. The van der Waals surface area contributed by atoms with Gasteiger partial charge in [0.15, 0.2) is 0 Å². The highest BCUT2D eigenvalue weighted by Gasteiger charge is 2.28. The van der Waals surface area contributed by atoms with Gasteiger partial charge in [-0.1, -0.05) is 24.3 Å². The second-order valence-electron chi connectivity index (χ2n) is 6.39. The summed E-state index contributed by atoms with van der Waals surface area (Å²) in [5.74, 6) is 0.190. The average Bonchev–Trinajstić information content (AvgIpc) is 3.05. The number of aromatic amines is 1. The van der Waals surface area contributed by atoms with Gasteiger partial charge in [0.05, 0.1) is 18.2 Å². The normalized spacial score (nSPS) is 18.0. The molecule has 1 amide bonds. The summed E-state index contributed by atoms with van der Waals surface area (Å²) in [5.41, 5.74) is 3.16. The lowest BCUT2D eigenvalue weighted by molar-refractivity contribution is -0.134. The Morgan fingerprint density at radius 1 is 1.17 bits per heavy atom. The van der Waals surface area contributed by atoms with Crippen LogP contribution in [0.2, 0.25) is 0 Å². The minimum atomic E-state index is 0.109. The van der Waals surface area contributed by atoms with Gasteiger partial charge < -0.3 is 9.88 Å². The summed E-state index contributed by atoms with van der Waals surface area (Å²) in [4.78, 5) is 22.7. The molecule has 122 valence electrons. The van der Waals surface area contributed by atoms with Crippen LogP contribution < -0.4 is 0 Å². The molecule has 4 nitrogen and oxygen atoms in total. The number of hydrogen-bond acceptors (Lipinski definition) is 2. The predicted molar refractivity (Wildman–Crippen MR) is 94.5 cm³/mol. The van der Waals surface area contributed by atoms with Crippen molar-refractivity contribution in [2.75, 3.05) is 6.54 Å². The summed E-state index contributed by atoms with van der Waals surface area (Å²) in [6.07, 6.45) is 7.43. The molecule has 1 saturated heterocycles. The summed E-state index contributed by atoms with van der Waals surface area (Å²) >= 11 is 0. The lowest BCUT2D eigenvalue weighted by Crippen LogP contribution is -2.39. The molecule has 0 spiro atoms. The van der Waals surface area contributed by atoms with Gasteiger partial charge in [0.25, 0.3) is 0 Å². The van der Waals surface area contributed by atoms with Crippen LogP contribution in [0.4, 0.5) is 0 Å². The number of nitrogens with zero attached hydrogens (tertiary/aromatic N) is 2. The molecule has 3 heterocycles. The number of carbonyl (C=O) groups is 1. The van der Waals surface area contributed by atoms with Gasteiger partial charge in [-0.15, -0.1) is 0 Å². The van der Waals surface area contributed by atoms with Gasteiger partial charge in [0.2, 0.25) is 5.91 Å². The molecule has 0 aliphatic carbocycles. The Bertz CT molecular complexity index is 840. The van der Waals surface area contributed by atoms with Crippen LogP contribution in [0, 0.1) is 0 Å². The predicted octanol–water partition coefficient (Wildman–Crippen LogP) is 3.86. The number of para-hydroxylation sites is 1. The molecule has 1 atom stereocenters. The van der Waals surface area contributed by atoms with Crippen molar-refractivity contribution in [2.24, 2.45) is 0 Å². The van der Waals surface area contributed by atoms with Gasteiger partial charge >= 0.3 is 0 Å². The Morgan fingerprint density at radius 3 is 2.92 bits per heavy atom. The van der Waals surface area contributed by atoms with E-state index < -0.39 is 0 Å². The third-order valence-corrected chi connectivity index (χ3v) is 4.87. The number of likely N-dealkylation sites (tertiary alicyclic amines) is 1. The van der Waals surface area contributed by atoms with E-state index in [1.807, 2.05) is 53.7 Å². The van der Waals surface area contributed by atoms with Crippen LogP contribution in [0.5, 0.6) is 0 Å². The maximum Gasteiger partial charge on any atom is 0.227 e. The lowest BCUT2D eigenvalue weighted by atomic mass is 9.97. The maximum atomic E-state index is 13.0. The summed E-state index contributed by atoms with van der Waals surface area (Å²) in [6, 6.07) is 14.2. The average molecular weight is 319 g/mol. The third kappa shape index (κ3) is 2.80. The molecule has 1 aliphatic heterocycles. The summed E-state index contributed by atoms with van der Waals surface area (Å²) < 4.78 is 0. The quantitative estimate of drug-likeness (QED) is 0.797. The highest BCUT2D eigenvalue weighted by atomic mass is 16.2. The van der Waals surface area contributed by atoms with Crippen molar-refractivity contribution >= 4 is 16.8 Å². The van der Waals surface area contributed by atoms with Crippen LogP contribution >= 0.6 is 0 Å². The first-order valence-electron chi connectivity index (χ1n) is 8.58. The molecule has 2 aromatic heterocycles. The van der Waals surface area contributed by atoms with E-state index in [0.29, 0.717) is 6.42 Å². The van der Waals surface area contributed by atoms with E-state index in [1.54, 1.807) is 0 Å². The first-order valence-corrected chi connectivity index (χ1v) is 8.58. The number of nitrogens with one attached hydrogen (secondary N) is 1. The van der Waals surface area contributed by atoms with Crippen molar-refractivity contribution in [1.29, 1.82) is 0 Å². The van der Waals surface area contributed by atoms with Gasteiger partial charge in [-0.3, -0.25) is 9.78 Å². The van der Waals surface area contributed by atoms with E-state index in [-0.39, 0.29) is 11.9 Å². The number of hydrogen-bond donors (Lipinski definition) is 1. The molecule has 1 N–H and O–H groups in total. The molecule has 0 saturated carbocycles. The molecule has 0 radical (unpaired) electrons. The fourth-order valence-electron chi connectivity index (χ4n) is 3.65. The molecule has 1 aromatic carbocycles. The van der Waals surface area contributed by atoms with E-state index in [2.05, 4.69) is 16.0 Å². The standard InChI is InChI=1S/C20H21N3O/c24-20(13-15-14-22-17-8-2-1-7-16(15)17)23-12-6-4-10-19(23)18-9-3-5-11-21-18/h1-3,5,7-9,11,14,19,22H,4,6,10,12-13H2/t19-/m0/s1. The monoisotopic (exact) mass is 319 g/mol. The number of pyridine rings is 1. The Kier molecular flexibility index (Phi) is 4.03. The summed E-state index contributed by atoms with van der Waals surface area (Å²) in [5, 5.41) is 1.14. The molecule has 4 heteroatoms. The Balaban J connectivity index is 1.58. The number of aromatic nitrogens is 2. The second kappa shape index (κ2) is 6.48. The number of piperidine rings is 1. The third-order valence-electron chi connectivity index (χ3n) is 4.87. The topological polar surface area (TPSA) is 49.0 Å². The van der Waals surface area contributed by atoms with E-state index in [9.17, 15) is 4.79 Å². The highest BCUT2D eigenvalue weighted by Crippen LogP contribution is 2.30. The fourth-order valence-corrected chi connectivity index (χ4v) is 3.65. The van der Waals surface area contributed by atoms with E-state index in [4.69, 9.17) is 0 Å². The first kappa shape index (κ1) is 14.9. The lowest BCUT2D eigenvalue weighted by Gasteiger charge is -2.35. The second-order valence-corrected chi connectivity index (χ2v) is 6.39. The Labute approximate surface area is 141 Å². The van der Waals surface area contributed by atoms with Crippen LogP contribution in [0.3, 0.4) is 0 Å². The molecule has 1 fully saturated rings. The van der Waals surface area contributed by atoms with Crippen LogP contribution in [0.15, 0.2) is 54.9 Å². The molecular formula is C20H21N3O. The molecule has 0 unspecified atom stereocenters. The van der Waals surface area contributed by atoms with Gasteiger partial charge in [0.1, 0.15) is 0 Å². The number of carbonyl (C=O) groups excluding carboxylic acids is 1. The molecule has 4 rings (SSSR count). The first-order chi connectivity index (χ1) is 11.8. The zero-order valence-corrected chi connectivity index (χ0v) is 13.6. The largest absolute Gasteiger partial charge is 0.361 e. The SMILES string of the molecule is O=C(Cc1c[nH]c2ccccc12)N1CCCC[C@H]1c1ccccn1. The van der Waals surface area contributed by atoms with E-state index in [1.165, 1.54) is 0 Å². The van der Waals surface area contributed by atoms with Crippen molar-refractivity contribution in [2.45, 2.75) is 31.7 Å². The van der Waals surface area contributed by atoms with Crippen LogP contribution in [-0.4, -0.2) is 27.3 Å². The number of H-pyrrole nitrogens is 1. The maximum absolute atomic E-state index is 13.0. The molecule has 24 heavy (non-hydrogen) atoms. The van der Waals surface area contributed by atoms with E-state index in [0.717, 1.165) is 48.0 Å². The van der Waals surface area contributed by atoms with Gasteiger partial charge in [-0.2, -0.15) is 0 Å². The molecule has 3 aromatic rings. The minimum Gasteiger partial charge on any atom is -0.361 e. The van der Waals surface area contributed by atoms with Crippen molar-refractivity contribution in [3.8, 4) is 0 Å². The Hall–Kier alpha value is -2.62. The number of rotatable bonds is 3. The van der Waals surface area contributed by atoms with Crippen molar-refractivity contribution < 1.29 is 4.79 Å². The summed E-state index contributed by atoms with van der Waals surface area (Å²) in [7, 11) is 0. The summed E-state index contributed by atoms with van der Waals surface area (Å²) in [6.45, 7) is 0.822. The fraction of sp³-hybridized carbons (Fsp3) is 0.300. The smallest absolute Gasteiger partial charge is 0.227 e. The van der Waals surface area contributed by atoms with Crippen molar-refractivity contribution in [1.82, 2.24) is 14.9 Å². The molecule has 1 aliphatic rings. The number of benzene rings is 1. The van der Waals surface area contributed by atoms with E-state index >= 15 is 0 Å². The van der Waals surface area contributed by atoms with Crippen LogP contribution in [-0.2, 0) is 11.2 Å². The van der Waals surface area contributed by atoms with Gasteiger partial charge in [-0.05, 0) is 43.0 Å². The van der Waals surface area contributed by atoms with Crippen LogP contribution in [0.1, 0.15) is 36.6 Å². The molecule has 0 bridgehead atoms. The van der Waals surface area contributed by atoms with Crippen LogP contribution in [0.25, 0.3) is 10.9 Å². The number of fused-ring (bicyclic) bond motifs is 1. The minimum absolute atomic E-state index is 0.109.